The van der Waals surface area contributed by atoms with Crippen LogP contribution in [0.1, 0.15) is 23.2 Å². The van der Waals surface area contributed by atoms with Gasteiger partial charge in [-0.25, -0.2) is 4.98 Å². The first-order chi connectivity index (χ1) is 12.0. The van der Waals surface area contributed by atoms with E-state index in [0.717, 1.165) is 17.7 Å². The molecule has 4 unspecified atom stereocenters. The molecule has 0 radical (unpaired) electrons. The normalized spacial score (nSPS) is 29.2. The summed E-state index contributed by atoms with van der Waals surface area (Å²) in [7, 11) is 0. The molecule has 4 atom stereocenters. The Balaban J connectivity index is 1.45. The van der Waals surface area contributed by atoms with Gasteiger partial charge in [0.2, 0.25) is 11.8 Å². The molecular weight excluding hydrogens is 316 g/mol. The third-order valence-electron chi connectivity index (χ3n) is 5.65. The second-order valence-corrected chi connectivity index (χ2v) is 7.17. The summed E-state index contributed by atoms with van der Waals surface area (Å²) in [6, 6.07) is 4.02. The highest BCUT2D eigenvalue weighted by atomic mass is 16.2. The fraction of sp³-hybridized carbons (Fsp3) is 0.474. The van der Waals surface area contributed by atoms with Crippen molar-refractivity contribution < 1.29 is 9.59 Å². The minimum Gasteiger partial charge on any atom is -0.367 e. The Morgan fingerprint density at radius 2 is 1.88 bits per heavy atom. The van der Waals surface area contributed by atoms with Crippen molar-refractivity contribution in [1.82, 2.24) is 9.88 Å². The first-order valence-electron chi connectivity index (χ1n) is 8.67. The highest BCUT2D eigenvalue weighted by Crippen LogP contribution is 2.52. The predicted octanol–water partition coefficient (Wildman–Crippen LogP) is 1.79. The number of nitrogens with one attached hydrogen (secondary N) is 1. The van der Waals surface area contributed by atoms with Crippen LogP contribution in [0.2, 0.25) is 0 Å². The Labute approximate surface area is 146 Å². The van der Waals surface area contributed by atoms with E-state index in [1.165, 1.54) is 4.90 Å². The molecular formula is C19H20N4O2. The van der Waals surface area contributed by atoms with E-state index in [2.05, 4.69) is 28.5 Å². The van der Waals surface area contributed by atoms with Gasteiger partial charge in [-0.05, 0) is 43.7 Å². The predicted molar refractivity (Wildman–Crippen MR) is 91.4 cm³/mol. The van der Waals surface area contributed by atoms with Crippen LogP contribution in [0.3, 0.4) is 0 Å². The first-order valence-corrected chi connectivity index (χ1v) is 8.67. The van der Waals surface area contributed by atoms with Gasteiger partial charge >= 0.3 is 0 Å². The van der Waals surface area contributed by atoms with Crippen molar-refractivity contribution in [2.24, 2.45) is 23.7 Å². The van der Waals surface area contributed by atoms with Crippen molar-refractivity contribution >= 4 is 17.6 Å². The number of allylic oxidation sites excluding steroid dienone is 2. The fourth-order valence-corrected chi connectivity index (χ4v) is 4.58. The first kappa shape index (κ1) is 15.8. The number of imide groups is 1. The van der Waals surface area contributed by atoms with E-state index in [-0.39, 0.29) is 35.5 Å². The van der Waals surface area contributed by atoms with E-state index >= 15 is 0 Å². The van der Waals surface area contributed by atoms with Crippen molar-refractivity contribution in [3.8, 4) is 6.07 Å². The van der Waals surface area contributed by atoms with E-state index in [0.29, 0.717) is 24.5 Å². The van der Waals surface area contributed by atoms with Crippen LogP contribution in [0, 0.1) is 48.9 Å². The van der Waals surface area contributed by atoms with E-state index in [1.807, 2.05) is 19.9 Å². The molecule has 4 rings (SSSR count). The van der Waals surface area contributed by atoms with Gasteiger partial charge in [0.15, 0.2) is 0 Å². The summed E-state index contributed by atoms with van der Waals surface area (Å²) < 4.78 is 0. The number of nitrogens with zero attached hydrogens (tertiary/aromatic N) is 3. The monoisotopic (exact) mass is 336 g/mol. The van der Waals surface area contributed by atoms with Gasteiger partial charge in [0.05, 0.1) is 17.4 Å². The lowest BCUT2D eigenvalue weighted by molar-refractivity contribution is -0.140. The lowest BCUT2D eigenvalue weighted by Gasteiger charge is -2.18. The standard InChI is InChI=1S/C19H20N4O2/c1-10-7-11(2)22-17(14(10)9-20)21-5-6-23-18(24)15-12-3-4-13(8-12)16(15)19(23)25/h3-4,7,12-13,15-16H,5-6,8H2,1-2H3,(H,21,22). The minimum atomic E-state index is -0.156. The number of aryl methyl sites for hydroxylation is 2. The van der Waals surface area contributed by atoms with Crippen LogP contribution < -0.4 is 5.32 Å². The van der Waals surface area contributed by atoms with Gasteiger partial charge in [0.1, 0.15) is 11.9 Å². The van der Waals surface area contributed by atoms with E-state index in [1.54, 1.807) is 0 Å². The summed E-state index contributed by atoms with van der Waals surface area (Å²) in [5, 5.41) is 12.4. The smallest absolute Gasteiger partial charge is 0.233 e. The molecule has 1 N–H and O–H groups in total. The van der Waals surface area contributed by atoms with Crippen molar-refractivity contribution in [3.05, 3.63) is 35.0 Å². The van der Waals surface area contributed by atoms with Gasteiger partial charge in [0.25, 0.3) is 0 Å². The number of carbonyl (C=O) groups excluding carboxylic acids is 2. The van der Waals surface area contributed by atoms with Gasteiger partial charge in [-0.2, -0.15) is 5.26 Å². The summed E-state index contributed by atoms with van der Waals surface area (Å²) >= 11 is 0. The van der Waals surface area contributed by atoms with E-state index < -0.39 is 0 Å². The van der Waals surface area contributed by atoms with Crippen molar-refractivity contribution in [2.75, 3.05) is 18.4 Å². The Morgan fingerprint density at radius 1 is 1.24 bits per heavy atom. The molecule has 0 spiro atoms. The van der Waals surface area contributed by atoms with Crippen LogP contribution >= 0.6 is 0 Å². The molecule has 2 heterocycles. The molecule has 2 bridgehead atoms. The fourth-order valence-electron chi connectivity index (χ4n) is 4.58. The van der Waals surface area contributed by atoms with Gasteiger partial charge in [0, 0.05) is 18.8 Å². The number of fused-ring (bicyclic) bond motifs is 5. The van der Waals surface area contributed by atoms with Crippen molar-refractivity contribution in [2.45, 2.75) is 20.3 Å². The third-order valence-corrected chi connectivity index (χ3v) is 5.65. The number of anilines is 1. The number of carbonyl (C=O) groups is 2. The number of hydrogen-bond donors (Lipinski definition) is 1. The molecule has 2 aliphatic carbocycles. The number of aromatic nitrogens is 1. The van der Waals surface area contributed by atoms with Crippen LogP contribution in [-0.4, -0.2) is 34.8 Å². The molecule has 1 aliphatic heterocycles. The molecule has 0 aromatic carbocycles. The molecule has 1 aromatic heterocycles. The summed E-state index contributed by atoms with van der Waals surface area (Å²) in [4.78, 5) is 31.0. The quantitative estimate of drug-likeness (QED) is 0.669. The molecule has 1 aromatic rings. The number of likely N-dealkylation sites (tertiary alicyclic amines) is 1. The molecule has 1 saturated heterocycles. The number of nitriles is 1. The minimum absolute atomic E-state index is 0.0393. The van der Waals surface area contributed by atoms with Crippen LogP contribution in [0.15, 0.2) is 18.2 Å². The zero-order valence-corrected chi connectivity index (χ0v) is 14.3. The molecule has 3 aliphatic rings. The Kier molecular flexibility index (Phi) is 3.60. The average Bonchev–Trinajstić information content (AvgIpc) is 3.23. The summed E-state index contributed by atoms with van der Waals surface area (Å²) in [6.07, 6.45) is 5.13. The number of amides is 2. The number of rotatable bonds is 4. The molecule has 6 nitrogen and oxygen atoms in total. The zero-order valence-electron chi connectivity index (χ0n) is 14.3. The Morgan fingerprint density at radius 3 is 2.48 bits per heavy atom. The molecule has 1 saturated carbocycles. The number of hydrogen-bond acceptors (Lipinski definition) is 5. The maximum atomic E-state index is 12.6. The Bertz CT molecular complexity index is 809. The Hall–Kier alpha value is -2.68. The van der Waals surface area contributed by atoms with Gasteiger partial charge in [-0.1, -0.05) is 12.2 Å². The highest BCUT2D eigenvalue weighted by Gasteiger charge is 2.58. The molecule has 128 valence electrons. The van der Waals surface area contributed by atoms with Gasteiger partial charge < -0.3 is 5.32 Å². The molecule has 6 heteroatoms. The summed E-state index contributed by atoms with van der Waals surface area (Å²) in [5.41, 5.74) is 2.19. The van der Waals surface area contributed by atoms with Crippen molar-refractivity contribution in [3.63, 3.8) is 0 Å². The third kappa shape index (κ3) is 2.34. The molecule has 2 amide bonds. The molecule has 2 fully saturated rings. The summed E-state index contributed by atoms with van der Waals surface area (Å²) in [6.45, 7) is 4.45. The maximum Gasteiger partial charge on any atom is 0.233 e. The lowest BCUT2D eigenvalue weighted by atomic mass is 9.85. The molecule has 25 heavy (non-hydrogen) atoms. The van der Waals surface area contributed by atoms with Crippen molar-refractivity contribution in [1.29, 1.82) is 5.26 Å². The van der Waals surface area contributed by atoms with Gasteiger partial charge in [-0.3, -0.25) is 14.5 Å². The second-order valence-electron chi connectivity index (χ2n) is 7.17. The van der Waals surface area contributed by atoms with Gasteiger partial charge in [-0.15, -0.1) is 0 Å². The second kappa shape index (κ2) is 5.69. The van der Waals surface area contributed by atoms with Crippen LogP contribution in [0.5, 0.6) is 0 Å². The number of pyridine rings is 1. The largest absolute Gasteiger partial charge is 0.367 e. The zero-order chi connectivity index (χ0) is 17.7. The average molecular weight is 336 g/mol. The van der Waals surface area contributed by atoms with E-state index in [9.17, 15) is 14.9 Å². The maximum absolute atomic E-state index is 12.6. The van der Waals surface area contributed by atoms with Crippen LogP contribution in [0.4, 0.5) is 5.82 Å². The SMILES string of the molecule is Cc1cc(C)c(C#N)c(NCCN2C(=O)C3C4C=CC(C4)C3C2=O)n1. The van der Waals surface area contributed by atoms with Crippen LogP contribution in [0.25, 0.3) is 0 Å². The summed E-state index contributed by atoms with van der Waals surface area (Å²) in [5.74, 6) is 0.588. The van der Waals surface area contributed by atoms with Crippen LogP contribution in [-0.2, 0) is 9.59 Å². The van der Waals surface area contributed by atoms with E-state index in [4.69, 9.17) is 0 Å². The highest BCUT2D eigenvalue weighted by molar-refractivity contribution is 6.06. The topological polar surface area (TPSA) is 86.1 Å². The lowest BCUT2D eigenvalue weighted by Crippen LogP contribution is -2.36.